The lowest BCUT2D eigenvalue weighted by molar-refractivity contribution is -0.122. The third-order valence-corrected chi connectivity index (χ3v) is 4.16. The third kappa shape index (κ3) is 2.78. The topological polar surface area (TPSA) is 62.3 Å². The van der Waals surface area contributed by atoms with E-state index in [9.17, 15) is 9.59 Å². The first kappa shape index (κ1) is 14.8. The quantitative estimate of drug-likeness (QED) is 0.514. The summed E-state index contributed by atoms with van der Waals surface area (Å²) in [6.45, 7) is 0. The Hall–Kier alpha value is -2.09. The molecule has 8 heteroatoms. The summed E-state index contributed by atoms with van der Waals surface area (Å²) in [7, 11) is 0. The van der Waals surface area contributed by atoms with Gasteiger partial charge in [-0.25, -0.2) is 4.98 Å². The Balaban J connectivity index is 2.01. The van der Waals surface area contributed by atoms with Crippen LogP contribution in [0.4, 0.5) is 5.69 Å². The highest BCUT2D eigenvalue weighted by atomic mass is 35.5. The number of benzene rings is 1. The first-order valence-electron chi connectivity index (χ1n) is 6.13. The van der Waals surface area contributed by atoms with Gasteiger partial charge in [0.15, 0.2) is 5.11 Å². The van der Waals surface area contributed by atoms with E-state index >= 15 is 0 Å². The SMILES string of the molecule is O=C1NC(=S)N(c2ccc(Cl)cc2)C(=O)/C1=C/c1nccs1. The van der Waals surface area contributed by atoms with Crippen molar-refractivity contribution in [3.05, 3.63) is 51.4 Å². The molecule has 0 atom stereocenters. The summed E-state index contributed by atoms with van der Waals surface area (Å²) < 4.78 is 0. The normalized spacial score (nSPS) is 17.0. The fraction of sp³-hybridized carbons (Fsp3) is 0. The van der Waals surface area contributed by atoms with Gasteiger partial charge in [0.25, 0.3) is 11.8 Å². The van der Waals surface area contributed by atoms with E-state index in [1.54, 1.807) is 35.8 Å². The van der Waals surface area contributed by atoms with Crippen molar-refractivity contribution < 1.29 is 9.59 Å². The van der Waals surface area contributed by atoms with Crippen LogP contribution < -0.4 is 10.2 Å². The summed E-state index contributed by atoms with van der Waals surface area (Å²) in [4.78, 5) is 29.9. The predicted molar refractivity (Wildman–Crippen MR) is 89.8 cm³/mol. The van der Waals surface area contributed by atoms with Crippen molar-refractivity contribution in [2.45, 2.75) is 0 Å². The molecule has 1 N–H and O–H groups in total. The third-order valence-electron chi connectivity index (χ3n) is 2.91. The van der Waals surface area contributed by atoms with Crippen LogP contribution in [0.25, 0.3) is 6.08 Å². The predicted octanol–water partition coefficient (Wildman–Crippen LogP) is 2.63. The summed E-state index contributed by atoms with van der Waals surface area (Å²) >= 11 is 12.3. The van der Waals surface area contributed by atoms with Crippen molar-refractivity contribution in [1.29, 1.82) is 0 Å². The van der Waals surface area contributed by atoms with E-state index in [1.165, 1.54) is 22.3 Å². The summed E-state index contributed by atoms with van der Waals surface area (Å²) in [5, 5.41) is 5.42. The minimum atomic E-state index is -0.532. The zero-order valence-electron chi connectivity index (χ0n) is 10.9. The number of rotatable bonds is 2. The maximum Gasteiger partial charge on any atom is 0.270 e. The maximum atomic E-state index is 12.6. The van der Waals surface area contributed by atoms with Gasteiger partial charge in [-0.1, -0.05) is 11.6 Å². The molecule has 0 unspecified atom stereocenters. The number of carbonyl (C=O) groups is 2. The van der Waals surface area contributed by atoms with Gasteiger partial charge in [0.1, 0.15) is 10.6 Å². The molecule has 1 aliphatic rings. The molecule has 0 aliphatic carbocycles. The Bertz CT molecular complexity index is 785. The monoisotopic (exact) mass is 349 g/mol. The molecule has 1 fully saturated rings. The van der Waals surface area contributed by atoms with Gasteiger partial charge in [-0.05, 0) is 42.6 Å². The highest BCUT2D eigenvalue weighted by Crippen LogP contribution is 2.23. The van der Waals surface area contributed by atoms with E-state index < -0.39 is 11.8 Å². The number of anilines is 1. The van der Waals surface area contributed by atoms with E-state index in [-0.39, 0.29) is 10.7 Å². The standard InChI is InChI=1S/C14H8ClN3O2S2/c15-8-1-3-9(4-2-8)18-13(20)10(12(19)17-14(18)21)7-11-16-5-6-22-11/h1-7H,(H,17,19,21)/b10-7+. The first-order valence-corrected chi connectivity index (χ1v) is 7.79. The van der Waals surface area contributed by atoms with Gasteiger partial charge in [-0.3, -0.25) is 19.8 Å². The highest BCUT2D eigenvalue weighted by molar-refractivity contribution is 7.80. The molecule has 5 nitrogen and oxygen atoms in total. The number of thiocarbonyl (C=S) groups is 1. The molecule has 1 aliphatic heterocycles. The van der Waals surface area contributed by atoms with Gasteiger partial charge < -0.3 is 0 Å². The molecule has 2 heterocycles. The van der Waals surface area contributed by atoms with Crippen LogP contribution in [-0.4, -0.2) is 21.9 Å². The van der Waals surface area contributed by atoms with Gasteiger partial charge in [0, 0.05) is 16.6 Å². The van der Waals surface area contributed by atoms with Gasteiger partial charge >= 0.3 is 0 Å². The van der Waals surface area contributed by atoms with Gasteiger partial charge in [0.2, 0.25) is 0 Å². The van der Waals surface area contributed by atoms with Crippen LogP contribution in [0.5, 0.6) is 0 Å². The van der Waals surface area contributed by atoms with Crippen LogP contribution in [0, 0.1) is 0 Å². The molecule has 0 saturated carbocycles. The molecule has 1 aromatic heterocycles. The van der Waals surface area contributed by atoms with Gasteiger partial charge in [-0.2, -0.15) is 0 Å². The maximum absolute atomic E-state index is 12.6. The number of nitrogens with zero attached hydrogens (tertiary/aromatic N) is 2. The van der Waals surface area contributed by atoms with Crippen molar-refractivity contribution in [3.63, 3.8) is 0 Å². The lowest BCUT2D eigenvalue weighted by atomic mass is 10.1. The number of thiazole rings is 1. The average Bonchev–Trinajstić information content (AvgIpc) is 2.98. The zero-order chi connectivity index (χ0) is 15.7. The molecular weight excluding hydrogens is 342 g/mol. The Morgan fingerprint density at radius 2 is 2.00 bits per heavy atom. The lowest BCUT2D eigenvalue weighted by Crippen LogP contribution is -2.54. The molecule has 3 rings (SSSR count). The Morgan fingerprint density at radius 3 is 2.64 bits per heavy atom. The molecule has 2 amide bonds. The molecule has 2 aromatic rings. The summed E-state index contributed by atoms with van der Waals surface area (Å²) in [6, 6.07) is 6.61. The first-order chi connectivity index (χ1) is 10.6. The average molecular weight is 350 g/mol. The van der Waals surface area contributed by atoms with Gasteiger partial charge in [0.05, 0.1) is 5.69 Å². The van der Waals surface area contributed by atoms with Crippen molar-refractivity contribution >= 4 is 63.8 Å². The van der Waals surface area contributed by atoms with Crippen LogP contribution in [0.1, 0.15) is 5.01 Å². The fourth-order valence-electron chi connectivity index (χ4n) is 1.91. The largest absolute Gasteiger partial charge is 0.298 e. The molecule has 22 heavy (non-hydrogen) atoms. The highest BCUT2D eigenvalue weighted by Gasteiger charge is 2.34. The van der Waals surface area contributed by atoms with Crippen LogP contribution in [0.2, 0.25) is 5.02 Å². The number of hydrogen-bond donors (Lipinski definition) is 1. The number of aromatic nitrogens is 1. The second-order valence-electron chi connectivity index (χ2n) is 4.30. The molecule has 1 saturated heterocycles. The van der Waals surface area contributed by atoms with E-state index in [1.807, 2.05) is 0 Å². The van der Waals surface area contributed by atoms with Crippen LogP contribution >= 0.6 is 35.2 Å². The fourth-order valence-corrected chi connectivity index (χ4v) is 2.89. The second kappa shape index (κ2) is 5.96. The van der Waals surface area contributed by atoms with Crippen molar-refractivity contribution in [2.24, 2.45) is 0 Å². The number of nitrogens with one attached hydrogen (secondary N) is 1. The number of amides is 2. The summed E-state index contributed by atoms with van der Waals surface area (Å²) in [5.74, 6) is -1.03. The molecule has 0 bridgehead atoms. The van der Waals surface area contributed by atoms with Crippen LogP contribution in [-0.2, 0) is 9.59 Å². The van der Waals surface area contributed by atoms with Crippen molar-refractivity contribution in [1.82, 2.24) is 10.3 Å². The zero-order valence-corrected chi connectivity index (χ0v) is 13.3. The smallest absolute Gasteiger partial charge is 0.270 e. The Labute approximate surface area is 140 Å². The summed E-state index contributed by atoms with van der Waals surface area (Å²) in [6.07, 6.45) is 3.05. The van der Waals surface area contributed by atoms with Gasteiger partial charge in [-0.15, -0.1) is 11.3 Å². The van der Waals surface area contributed by atoms with E-state index in [0.717, 1.165) is 0 Å². The minimum absolute atomic E-state index is 0.0153. The molecule has 110 valence electrons. The van der Waals surface area contributed by atoms with Crippen molar-refractivity contribution in [3.8, 4) is 0 Å². The van der Waals surface area contributed by atoms with Crippen LogP contribution in [0.15, 0.2) is 41.4 Å². The minimum Gasteiger partial charge on any atom is -0.298 e. The molecular formula is C14H8ClN3O2S2. The molecule has 1 aromatic carbocycles. The number of carbonyl (C=O) groups excluding carboxylic acids is 2. The molecule has 0 radical (unpaired) electrons. The second-order valence-corrected chi connectivity index (χ2v) is 6.05. The number of halogens is 1. The lowest BCUT2D eigenvalue weighted by Gasteiger charge is -2.28. The Morgan fingerprint density at radius 1 is 1.27 bits per heavy atom. The Kier molecular flexibility index (Phi) is 4.02. The van der Waals surface area contributed by atoms with E-state index in [2.05, 4.69) is 10.3 Å². The van der Waals surface area contributed by atoms with E-state index in [0.29, 0.717) is 15.7 Å². The van der Waals surface area contributed by atoms with E-state index in [4.69, 9.17) is 23.8 Å². The molecule has 0 spiro atoms. The number of hydrogen-bond acceptors (Lipinski definition) is 5. The van der Waals surface area contributed by atoms with Crippen molar-refractivity contribution in [2.75, 3.05) is 4.90 Å². The summed E-state index contributed by atoms with van der Waals surface area (Å²) in [5.41, 5.74) is 0.517. The van der Waals surface area contributed by atoms with Crippen LogP contribution in [0.3, 0.4) is 0 Å².